The molecule has 136 valence electrons. The Balaban J connectivity index is 1.45. The fourth-order valence-electron chi connectivity index (χ4n) is 3.50. The fourth-order valence-corrected chi connectivity index (χ4v) is 3.50. The minimum absolute atomic E-state index is 0.182. The summed E-state index contributed by atoms with van der Waals surface area (Å²) in [6.45, 7) is 2.65. The van der Waals surface area contributed by atoms with E-state index in [1.165, 1.54) is 18.5 Å². The summed E-state index contributed by atoms with van der Waals surface area (Å²) < 4.78 is 17.0. The lowest BCUT2D eigenvalue weighted by Crippen LogP contribution is -2.32. The van der Waals surface area contributed by atoms with Crippen molar-refractivity contribution in [1.29, 1.82) is 0 Å². The molecule has 0 fully saturated rings. The van der Waals surface area contributed by atoms with Crippen LogP contribution in [-0.2, 0) is 13.0 Å². The molecule has 0 amide bonds. The van der Waals surface area contributed by atoms with Gasteiger partial charge in [-0.3, -0.25) is 0 Å². The number of anilines is 1. The van der Waals surface area contributed by atoms with E-state index in [0.29, 0.717) is 12.3 Å². The van der Waals surface area contributed by atoms with Gasteiger partial charge in [0.2, 0.25) is 0 Å². The predicted molar refractivity (Wildman–Crippen MR) is 96.7 cm³/mol. The van der Waals surface area contributed by atoms with Crippen LogP contribution >= 0.6 is 0 Å². The van der Waals surface area contributed by atoms with Crippen molar-refractivity contribution in [3.63, 3.8) is 0 Å². The normalized spacial score (nSPS) is 16.4. The lowest BCUT2D eigenvalue weighted by molar-refractivity contribution is 0.477. The molecule has 3 aromatic heterocycles. The predicted octanol–water partition coefficient (Wildman–Crippen LogP) is 2.26. The Morgan fingerprint density at radius 1 is 1.19 bits per heavy atom. The van der Waals surface area contributed by atoms with Crippen LogP contribution in [0.3, 0.4) is 0 Å². The number of benzene rings is 1. The molecule has 9 heteroatoms. The molecule has 0 spiro atoms. The zero-order chi connectivity index (χ0) is 18.4. The van der Waals surface area contributed by atoms with E-state index >= 15 is 0 Å². The van der Waals surface area contributed by atoms with Gasteiger partial charge in [-0.15, -0.1) is 10.2 Å². The maximum absolute atomic E-state index is 13.2. The average Bonchev–Trinajstić information content (AvgIpc) is 3.29. The fraction of sp³-hybridized carbons (Fsp3) is 0.278. The highest BCUT2D eigenvalue weighted by molar-refractivity contribution is 5.55. The molecule has 0 saturated heterocycles. The molecule has 0 saturated carbocycles. The lowest BCUT2D eigenvalue weighted by atomic mass is 10.1. The third-order valence-electron chi connectivity index (χ3n) is 4.78. The highest BCUT2D eigenvalue weighted by Gasteiger charge is 2.24. The van der Waals surface area contributed by atoms with E-state index in [4.69, 9.17) is 0 Å². The van der Waals surface area contributed by atoms with E-state index in [2.05, 4.69) is 35.1 Å². The number of nitrogens with one attached hydrogen (secondary N) is 1. The van der Waals surface area contributed by atoms with E-state index in [1.54, 1.807) is 16.6 Å². The van der Waals surface area contributed by atoms with Crippen LogP contribution in [0.4, 0.5) is 10.2 Å². The Bertz CT molecular complexity index is 1110. The van der Waals surface area contributed by atoms with Crippen LogP contribution in [0.1, 0.15) is 17.9 Å². The summed E-state index contributed by atoms with van der Waals surface area (Å²) in [5, 5.41) is 16.4. The van der Waals surface area contributed by atoms with Gasteiger partial charge in [0.25, 0.3) is 5.78 Å². The third kappa shape index (κ3) is 2.80. The molecule has 1 aromatic carbocycles. The highest BCUT2D eigenvalue weighted by atomic mass is 19.1. The van der Waals surface area contributed by atoms with Crippen LogP contribution in [0.15, 0.2) is 36.7 Å². The first-order valence-electron chi connectivity index (χ1n) is 8.79. The quantitative estimate of drug-likeness (QED) is 0.600. The molecule has 0 radical (unpaired) electrons. The summed E-state index contributed by atoms with van der Waals surface area (Å²) >= 11 is 0. The molecule has 4 heterocycles. The number of fused-ring (bicyclic) bond motifs is 2. The van der Waals surface area contributed by atoms with Crippen molar-refractivity contribution in [2.24, 2.45) is 0 Å². The van der Waals surface area contributed by atoms with Gasteiger partial charge in [0.1, 0.15) is 23.8 Å². The van der Waals surface area contributed by atoms with E-state index in [-0.39, 0.29) is 11.9 Å². The summed E-state index contributed by atoms with van der Waals surface area (Å²) in [4.78, 5) is 8.54. The van der Waals surface area contributed by atoms with Gasteiger partial charge in [0, 0.05) is 36.3 Å². The van der Waals surface area contributed by atoms with Gasteiger partial charge in [-0.25, -0.2) is 9.37 Å². The molecule has 0 aliphatic carbocycles. The molecule has 5 rings (SSSR count). The Morgan fingerprint density at radius 2 is 2.04 bits per heavy atom. The van der Waals surface area contributed by atoms with Gasteiger partial charge < -0.3 is 9.88 Å². The summed E-state index contributed by atoms with van der Waals surface area (Å²) in [6, 6.07) is 8.49. The van der Waals surface area contributed by atoms with Crippen LogP contribution in [0, 0.1) is 12.7 Å². The van der Waals surface area contributed by atoms with E-state index < -0.39 is 0 Å². The first-order chi connectivity index (χ1) is 13.2. The molecule has 1 aliphatic heterocycles. The van der Waals surface area contributed by atoms with Crippen LogP contribution in [0.2, 0.25) is 0 Å². The first kappa shape index (κ1) is 15.9. The molecule has 8 nitrogen and oxygen atoms in total. The molecule has 27 heavy (non-hydrogen) atoms. The SMILES string of the molecule is Cc1cc(N[C@@H]2CCc3nnc(-c4ccc(F)cc4)n3C2)n2ncnc2n1. The minimum atomic E-state index is -0.262. The second-order valence-corrected chi connectivity index (χ2v) is 6.69. The smallest absolute Gasteiger partial charge is 0.254 e. The average molecular weight is 364 g/mol. The standard InChI is InChI=1S/C18H17FN8/c1-11-8-16(27-18(22-11)20-10-21-27)23-14-6-7-15-24-25-17(26(15)9-14)12-2-4-13(19)5-3-12/h2-5,8,10,14,23H,6-7,9H2,1H3/t14-/m1/s1. The van der Waals surface area contributed by atoms with Crippen molar-refractivity contribution >= 4 is 11.6 Å². The second-order valence-electron chi connectivity index (χ2n) is 6.69. The lowest BCUT2D eigenvalue weighted by Gasteiger charge is -2.26. The van der Waals surface area contributed by atoms with Gasteiger partial charge >= 0.3 is 0 Å². The van der Waals surface area contributed by atoms with E-state index in [0.717, 1.165) is 41.6 Å². The summed E-state index contributed by atoms with van der Waals surface area (Å²) in [5.74, 6) is 2.88. The number of aromatic nitrogens is 7. The van der Waals surface area contributed by atoms with E-state index in [1.807, 2.05) is 13.0 Å². The van der Waals surface area contributed by atoms with Crippen molar-refractivity contribution < 1.29 is 4.39 Å². The van der Waals surface area contributed by atoms with Gasteiger partial charge in [-0.2, -0.15) is 14.6 Å². The number of rotatable bonds is 3. The van der Waals surface area contributed by atoms with Crippen LogP contribution < -0.4 is 5.32 Å². The second kappa shape index (κ2) is 6.11. The Labute approximate surface area is 154 Å². The number of nitrogens with zero attached hydrogens (tertiary/aromatic N) is 7. The number of hydrogen-bond donors (Lipinski definition) is 1. The third-order valence-corrected chi connectivity index (χ3v) is 4.78. The Morgan fingerprint density at radius 3 is 2.89 bits per heavy atom. The number of hydrogen-bond acceptors (Lipinski definition) is 6. The van der Waals surface area contributed by atoms with Gasteiger partial charge in [-0.05, 0) is 37.6 Å². The summed E-state index contributed by atoms with van der Waals surface area (Å²) in [5.41, 5.74) is 1.74. The Hall–Kier alpha value is -3.36. The van der Waals surface area contributed by atoms with Crippen molar-refractivity contribution in [2.45, 2.75) is 32.4 Å². The van der Waals surface area contributed by atoms with Crippen molar-refractivity contribution in [2.75, 3.05) is 5.32 Å². The maximum atomic E-state index is 13.2. The monoisotopic (exact) mass is 364 g/mol. The van der Waals surface area contributed by atoms with Gasteiger partial charge in [0.15, 0.2) is 5.82 Å². The number of halogens is 1. The molecule has 1 aliphatic rings. The molecular weight excluding hydrogens is 347 g/mol. The molecular formula is C18H17FN8. The highest BCUT2D eigenvalue weighted by Crippen LogP contribution is 2.25. The topological polar surface area (TPSA) is 85.8 Å². The van der Waals surface area contributed by atoms with Crippen LogP contribution in [-0.4, -0.2) is 40.4 Å². The molecule has 4 aromatic rings. The van der Waals surface area contributed by atoms with Crippen molar-refractivity contribution in [3.8, 4) is 11.4 Å². The minimum Gasteiger partial charge on any atom is -0.365 e. The van der Waals surface area contributed by atoms with Crippen LogP contribution in [0.5, 0.6) is 0 Å². The molecule has 1 atom stereocenters. The number of aryl methyl sites for hydroxylation is 2. The van der Waals surface area contributed by atoms with Crippen LogP contribution in [0.25, 0.3) is 17.2 Å². The summed E-state index contributed by atoms with van der Waals surface area (Å²) in [6.07, 6.45) is 3.24. The van der Waals surface area contributed by atoms with Crippen molar-refractivity contribution in [3.05, 3.63) is 54.0 Å². The zero-order valence-electron chi connectivity index (χ0n) is 14.7. The largest absolute Gasteiger partial charge is 0.365 e. The molecule has 1 N–H and O–H groups in total. The summed E-state index contributed by atoms with van der Waals surface area (Å²) in [7, 11) is 0. The van der Waals surface area contributed by atoms with Gasteiger partial charge in [-0.1, -0.05) is 0 Å². The molecule has 0 unspecified atom stereocenters. The zero-order valence-corrected chi connectivity index (χ0v) is 14.7. The van der Waals surface area contributed by atoms with Gasteiger partial charge in [0.05, 0.1) is 0 Å². The Kier molecular flexibility index (Phi) is 3.59. The maximum Gasteiger partial charge on any atom is 0.254 e. The van der Waals surface area contributed by atoms with E-state index in [9.17, 15) is 4.39 Å². The molecule has 0 bridgehead atoms. The first-order valence-corrected chi connectivity index (χ1v) is 8.79. The van der Waals surface area contributed by atoms with Crippen molar-refractivity contribution in [1.82, 2.24) is 34.3 Å².